The Morgan fingerprint density at radius 2 is 1.70 bits per heavy atom. The van der Waals surface area contributed by atoms with Gasteiger partial charge in [-0.2, -0.15) is 9.97 Å². The number of benzene rings is 3. The molecule has 0 spiro atoms. The number of aromatic nitrogens is 3. The summed E-state index contributed by atoms with van der Waals surface area (Å²) < 4.78 is 23.7. The molecule has 3 aromatic carbocycles. The highest BCUT2D eigenvalue weighted by Gasteiger charge is 2.57. The van der Waals surface area contributed by atoms with Crippen LogP contribution in [0, 0.1) is 41.3 Å². The van der Waals surface area contributed by atoms with Crippen LogP contribution in [0.25, 0.3) is 32.9 Å². The van der Waals surface area contributed by atoms with Gasteiger partial charge in [-0.05, 0) is 97.2 Å². The number of pyridine rings is 1. The molecule has 5 saturated heterocycles. The van der Waals surface area contributed by atoms with Crippen LogP contribution < -0.4 is 25.2 Å². The van der Waals surface area contributed by atoms with Gasteiger partial charge >= 0.3 is 6.01 Å². The maximum atomic E-state index is 17.1. The Labute approximate surface area is 399 Å². The van der Waals surface area contributed by atoms with Crippen LogP contribution >= 0.6 is 0 Å². The lowest BCUT2D eigenvalue weighted by Gasteiger charge is -2.37. The summed E-state index contributed by atoms with van der Waals surface area (Å²) in [5.74, 6) is 4.09. The second-order valence-electron chi connectivity index (χ2n) is 21.1. The molecule has 2 bridgehead atoms. The van der Waals surface area contributed by atoms with Crippen LogP contribution in [0.4, 0.5) is 15.9 Å². The van der Waals surface area contributed by atoms with E-state index in [1.54, 1.807) is 23.2 Å². The highest BCUT2D eigenvalue weighted by Crippen LogP contribution is 2.55. The Morgan fingerprint density at radius 1 is 0.899 bits per heavy atom. The molecule has 6 atom stereocenters. The van der Waals surface area contributed by atoms with Crippen LogP contribution in [-0.2, 0) is 16.1 Å². The van der Waals surface area contributed by atoms with Crippen LogP contribution in [0.2, 0.25) is 0 Å². The number of aromatic hydroxyl groups is 1. The Bertz CT molecular complexity index is 3000. The van der Waals surface area contributed by atoms with E-state index >= 15 is 4.39 Å². The highest BCUT2D eigenvalue weighted by atomic mass is 19.1. The fourth-order valence-corrected chi connectivity index (χ4v) is 12.8. The van der Waals surface area contributed by atoms with Gasteiger partial charge in [0.05, 0.1) is 12.0 Å². The third-order valence-electron chi connectivity index (χ3n) is 16.7. The van der Waals surface area contributed by atoms with Gasteiger partial charge in [0.2, 0.25) is 11.8 Å². The van der Waals surface area contributed by atoms with Crippen molar-refractivity contribution in [3.8, 4) is 35.4 Å². The number of terminal acetylenes is 1. The summed E-state index contributed by atoms with van der Waals surface area (Å²) >= 11 is 0. The average molecular weight is 931 g/mol. The summed E-state index contributed by atoms with van der Waals surface area (Å²) in [5, 5.41) is 18.7. The van der Waals surface area contributed by atoms with Gasteiger partial charge in [0.15, 0.2) is 5.82 Å². The molecule has 15 nitrogen and oxygen atoms in total. The van der Waals surface area contributed by atoms with E-state index in [0.29, 0.717) is 82.2 Å². The molecule has 7 fully saturated rings. The molecular formula is C53H55FN10O5. The zero-order valence-corrected chi connectivity index (χ0v) is 38.5. The molecule has 6 aliphatic heterocycles. The van der Waals surface area contributed by atoms with E-state index in [4.69, 9.17) is 21.1 Å². The summed E-state index contributed by atoms with van der Waals surface area (Å²) in [4.78, 5) is 63.4. The summed E-state index contributed by atoms with van der Waals surface area (Å²) in [6.07, 6.45) is 12.5. The molecule has 16 heteroatoms. The first-order valence-electron chi connectivity index (χ1n) is 24.8. The predicted molar refractivity (Wildman–Crippen MR) is 257 cm³/mol. The van der Waals surface area contributed by atoms with Gasteiger partial charge in [-0.1, -0.05) is 18.1 Å². The number of likely N-dealkylation sites (tertiary alicyclic amines) is 1. The number of hydrogen-bond donors (Lipinski definition) is 3. The molecule has 354 valence electrons. The van der Waals surface area contributed by atoms with Crippen molar-refractivity contribution in [2.24, 2.45) is 23.2 Å². The van der Waals surface area contributed by atoms with E-state index < -0.39 is 11.9 Å². The number of halogens is 1. The van der Waals surface area contributed by atoms with Crippen molar-refractivity contribution in [2.45, 2.75) is 63.2 Å². The minimum absolute atomic E-state index is 0.00937. The molecule has 3 amide bonds. The summed E-state index contributed by atoms with van der Waals surface area (Å²) in [6.45, 7) is 10.5. The fraction of sp³-hybridized carbons (Fsp3) is 0.472. The predicted octanol–water partition coefficient (Wildman–Crippen LogP) is 4.53. The standard InChI is InChI=1S/C53H55FN10O5/c1-2-30-4-3-5-31-19-36(65)20-38(45(30)31)47-46(54)48-39(21-55-47)49(63-23-33-6-7-34(24-63)56-33)59-52(58-48)69-29-53(12-13-53)28-61-26-41-40(42(41)27-61)25-60-14-16-62(17-15-60)35-8-9-37-32(18-35)22-64(51(37)68)43-10-11-44(66)57-50(43)67/h1,3-5,8-9,18-21,33-34,40-43,56,65H,6-7,10-17,22-29H2,(H,57,66,67)/t33?,34?,40?,41-,42+,43-/m0/s1. The fourth-order valence-electron chi connectivity index (χ4n) is 12.8. The lowest BCUT2D eigenvalue weighted by atomic mass is 9.96. The van der Waals surface area contributed by atoms with E-state index in [1.165, 1.54) is 6.07 Å². The van der Waals surface area contributed by atoms with Gasteiger partial charge < -0.3 is 34.8 Å². The second kappa shape index (κ2) is 16.4. The van der Waals surface area contributed by atoms with Crippen molar-refractivity contribution in [1.29, 1.82) is 0 Å². The molecule has 2 aromatic heterocycles. The molecule has 8 aliphatic rings. The number of ether oxygens (including phenoxy) is 1. The Balaban J connectivity index is 0.647. The number of phenolic OH excluding ortho intramolecular Hbond substituents is 1. The molecule has 0 radical (unpaired) electrons. The maximum absolute atomic E-state index is 17.1. The number of fused-ring (bicyclic) bond motifs is 6. The summed E-state index contributed by atoms with van der Waals surface area (Å²) in [7, 11) is 0. The quantitative estimate of drug-likeness (QED) is 0.126. The van der Waals surface area contributed by atoms with E-state index in [2.05, 4.69) is 47.2 Å². The Kier molecular flexibility index (Phi) is 10.1. The number of nitrogens with zero attached hydrogens (tertiary/aromatic N) is 8. The molecule has 3 unspecified atom stereocenters. The number of phenols is 1. The number of piperidine rings is 2. The number of hydrogen-bond acceptors (Lipinski definition) is 13. The molecule has 3 N–H and O–H groups in total. The highest BCUT2D eigenvalue weighted by molar-refractivity contribution is 6.06. The minimum Gasteiger partial charge on any atom is -0.508 e. The molecule has 5 aromatic rings. The first kappa shape index (κ1) is 42.7. The Hall–Kier alpha value is -6.41. The second-order valence-corrected chi connectivity index (χ2v) is 21.1. The van der Waals surface area contributed by atoms with E-state index in [-0.39, 0.29) is 52.5 Å². The monoisotopic (exact) mass is 930 g/mol. The summed E-state index contributed by atoms with van der Waals surface area (Å²) in [6, 6.07) is 14.9. The largest absolute Gasteiger partial charge is 0.508 e. The number of rotatable bonds is 11. The van der Waals surface area contributed by atoms with Gasteiger partial charge in [0.25, 0.3) is 5.91 Å². The molecule has 2 aliphatic carbocycles. The third kappa shape index (κ3) is 7.60. The minimum atomic E-state index is -0.608. The van der Waals surface area contributed by atoms with E-state index in [1.807, 2.05) is 24.3 Å². The van der Waals surface area contributed by atoms with Crippen LogP contribution in [0.5, 0.6) is 11.8 Å². The summed E-state index contributed by atoms with van der Waals surface area (Å²) in [5.41, 5.74) is 3.90. The molecule has 2 saturated carbocycles. The number of carbonyl (C=O) groups excluding carboxylic acids is 3. The lowest BCUT2D eigenvalue weighted by Crippen LogP contribution is -2.52. The van der Waals surface area contributed by atoms with Crippen molar-refractivity contribution in [3.05, 3.63) is 77.2 Å². The van der Waals surface area contributed by atoms with E-state index in [9.17, 15) is 19.5 Å². The van der Waals surface area contributed by atoms with E-state index in [0.717, 1.165) is 108 Å². The van der Waals surface area contributed by atoms with Crippen molar-refractivity contribution < 1.29 is 28.6 Å². The number of imide groups is 1. The number of nitrogens with one attached hydrogen (secondary N) is 2. The number of piperazine rings is 2. The molecule has 13 rings (SSSR count). The van der Waals surface area contributed by atoms with Gasteiger partial charge in [0, 0.05) is 130 Å². The molecule has 69 heavy (non-hydrogen) atoms. The topological polar surface area (TPSA) is 160 Å². The molecular weight excluding hydrogens is 876 g/mol. The van der Waals surface area contributed by atoms with Crippen molar-refractivity contribution in [3.63, 3.8) is 0 Å². The number of anilines is 2. The normalized spacial score (nSPS) is 27.2. The maximum Gasteiger partial charge on any atom is 0.319 e. The van der Waals surface area contributed by atoms with Crippen molar-refractivity contribution in [2.75, 3.05) is 81.9 Å². The first-order valence-corrected chi connectivity index (χ1v) is 24.8. The van der Waals surface area contributed by atoms with Crippen LogP contribution in [-0.4, -0.2) is 143 Å². The van der Waals surface area contributed by atoms with Crippen LogP contribution in [0.1, 0.15) is 60.0 Å². The Morgan fingerprint density at radius 3 is 2.45 bits per heavy atom. The smallest absolute Gasteiger partial charge is 0.319 e. The average Bonchev–Trinajstić information content (AvgIpc) is 4.08. The third-order valence-corrected chi connectivity index (χ3v) is 16.7. The van der Waals surface area contributed by atoms with Gasteiger partial charge in [-0.15, -0.1) is 6.42 Å². The number of carbonyl (C=O) groups is 3. The first-order chi connectivity index (χ1) is 33.6. The van der Waals surface area contributed by atoms with Crippen molar-refractivity contribution >= 4 is 50.9 Å². The lowest BCUT2D eigenvalue weighted by molar-refractivity contribution is -0.136. The van der Waals surface area contributed by atoms with Gasteiger partial charge in [-0.3, -0.25) is 29.6 Å². The van der Waals surface area contributed by atoms with Crippen molar-refractivity contribution in [1.82, 2.24) is 40.3 Å². The zero-order valence-electron chi connectivity index (χ0n) is 38.5. The number of amides is 3. The van der Waals surface area contributed by atoms with Gasteiger partial charge in [0.1, 0.15) is 28.8 Å². The molecule has 8 heterocycles. The van der Waals surface area contributed by atoms with Crippen LogP contribution in [0.3, 0.4) is 0 Å². The SMILES string of the molecule is C#Cc1cccc2cc(O)cc(-c3ncc4c(N5CC6CCC(C5)N6)nc(OCC5(CN6C[C@@H]7C(CN8CCN(c9ccc%10c(c9)CN([C@H]9CCC(=O)NC9=O)C%10=O)CC8)[C@@H]7C6)CC5)nc4c3F)c12. The van der Waals surface area contributed by atoms with Gasteiger partial charge in [-0.25, -0.2) is 4.39 Å². The van der Waals surface area contributed by atoms with Crippen LogP contribution in [0.15, 0.2) is 54.7 Å². The zero-order chi connectivity index (χ0) is 46.7.